The van der Waals surface area contributed by atoms with Crippen molar-refractivity contribution in [3.05, 3.63) is 194 Å². The van der Waals surface area contributed by atoms with E-state index in [2.05, 4.69) is 194 Å². The second-order valence-electron chi connectivity index (χ2n) is 14.7. The van der Waals surface area contributed by atoms with Gasteiger partial charge in [0, 0.05) is 10.9 Å². The third kappa shape index (κ3) is 4.41. The van der Waals surface area contributed by atoms with Crippen molar-refractivity contribution >= 4 is 64.6 Å². The average molecular weight is 697 g/mol. The van der Waals surface area contributed by atoms with E-state index in [4.69, 9.17) is 4.74 Å². The molecule has 0 amide bonds. The fraction of sp³-hybridized carbons (Fsp3) is 0. The Morgan fingerprint density at radius 1 is 0.255 bits per heavy atom. The van der Waals surface area contributed by atoms with E-state index >= 15 is 0 Å². The SMILES string of the molecule is c1ccc2cc(-c3c4ccccc4c(-c4c5ccccc5c(-c5ccc6c(c5)-c5cccc7cccc(c57)O6)c5ccccc45)c4ccccc34)ccc2c1. The van der Waals surface area contributed by atoms with Crippen LogP contribution in [0.4, 0.5) is 0 Å². The average Bonchev–Trinajstić information content (AvgIpc) is 3.25. The summed E-state index contributed by atoms with van der Waals surface area (Å²) in [6, 6.07) is 71.2. The quantitative estimate of drug-likeness (QED) is 0.167. The molecule has 0 saturated heterocycles. The van der Waals surface area contributed by atoms with Crippen LogP contribution in [0.3, 0.4) is 0 Å². The standard InChI is InChI=1S/C54H32O/c1-2-14-35-31-36(28-27-33(35)13-1)50-38-17-3-7-21-42(38)53(43-22-8-4-18-39(43)50)54-44-23-9-5-19-40(44)51(41-20-6-10-24-45(41)54)37-29-30-48-47(32-37)46-25-11-15-34-16-12-26-49(55-48)52(34)46/h1-32H. The van der Waals surface area contributed by atoms with Gasteiger partial charge >= 0.3 is 0 Å². The normalized spacial score (nSPS) is 12.1. The summed E-state index contributed by atoms with van der Waals surface area (Å²) in [4.78, 5) is 0. The van der Waals surface area contributed by atoms with Crippen LogP contribution < -0.4 is 4.74 Å². The zero-order valence-electron chi connectivity index (χ0n) is 29.9. The third-order valence-corrected chi connectivity index (χ3v) is 11.8. The Morgan fingerprint density at radius 3 is 1.25 bits per heavy atom. The fourth-order valence-corrected chi connectivity index (χ4v) is 9.48. The summed E-state index contributed by atoms with van der Waals surface area (Å²) in [7, 11) is 0. The topological polar surface area (TPSA) is 9.23 Å². The molecule has 55 heavy (non-hydrogen) atoms. The maximum absolute atomic E-state index is 6.54. The lowest BCUT2D eigenvalue weighted by molar-refractivity contribution is 0.487. The van der Waals surface area contributed by atoms with Crippen LogP contribution >= 0.6 is 0 Å². The first-order valence-electron chi connectivity index (χ1n) is 19.0. The smallest absolute Gasteiger partial charge is 0.135 e. The predicted molar refractivity (Wildman–Crippen MR) is 233 cm³/mol. The van der Waals surface area contributed by atoms with Crippen molar-refractivity contribution in [2.24, 2.45) is 0 Å². The van der Waals surface area contributed by atoms with Crippen LogP contribution in [0.25, 0.3) is 109 Å². The Hall–Kier alpha value is -7.22. The van der Waals surface area contributed by atoms with Crippen molar-refractivity contribution in [3.8, 4) is 56.0 Å². The van der Waals surface area contributed by atoms with E-state index < -0.39 is 0 Å². The van der Waals surface area contributed by atoms with Crippen molar-refractivity contribution in [1.82, 2.24) is 0 Å². The number of ether oxygens (including phenoxy) is 1. The summed E-state index contributed by atoms with van der Waals surface area (Å²) in [5, 5.41) is 14.8. The molecule has 0 aliphatic carbocycles. The zero-order chi connectivity index (χ0) is 36.0. The van der Waals surface area contributed by atoms with E-state index in [1.54, 1.807) is 0 Å². The first-order chi connectivity index (χ1) is 27.3. The van der Waals surface area contributed by atoms with E-state index in [0.717, 1.165) is 17.1 Å². The zero-order valence-corrected chi connectivity index (χ0v) is 29.9. The summed E-state index contributed by atoms with van der Waals surface area (Å²) < 4.78 is 6.54. The Kier molecular flexibility index (Phi) is 6.40. The molecular weight excluding hydrogens is 665 g/mol. The molecule has 1 heteroatoms. The summed E-state index contributed by atoms with van der Waals surface area (Å²) in [6.07, 6.45) is 0. The fourth-order valence-electron chi connectivity index (χ4n) is 9.48. The Bertz CT molecular complexity index is 3290. The van der Waals surface area contributed by atoms with Gasteiger partial charge in [0.15, 0.2) is 0 Å². The molecule has 0 saturated carbocycles. The molecule has 254 valence electrons. The monoisotopic (exact) mass is 696 g/mol. The van der Waals surface area contributed by atoms with Crippen LogP contribution in [0.5, 0.6) is 11.5 Å². The van der Waals surface area contributed by atoms with E-state index in [1.165, 1.54) is 104 Å². The molecular formula is C54H32O. The summed E-state index contributed by atoms with van der Waals surface area (Å²) in [5.41, 5.74) is 9.82. The van der Waals surface area contributed by atoms with Gasteiger partial charge in [-0.2, -0.15) is 0 Å². The molecule has 1 aliphatic rings. The molecule has 0 fully saturated rings. The maximum atomic E-state index is 6.54. The minimum Gasteiger partial charge on any atom is -0.456 e. The summed E-state index contributed by atoms with van der Waals surface area (Å²) in [6.45, 7) is 0. The highest BCUT2D eigenvalue weighted by Crippen LogP contribution is 2.52. The summed E-state index contributed by atoms with van der Waals surface area (Å²) in [5.74, 6) is 1.81. The molecule has 1 heterocycles. The number of hydrogen-bond donors (Lipinski definition) is 0. The van der Waals surface area contributed by atoms with Gasteiger partial charge in [0.25, 0.3) is 0 Å². The highest BCUT2D eigenvalue weighted by atomic mass is 16.5. The molecule has 0 bridgehead atoms. The Labute approximate surface area is 318 Å². The van der Waals surface area contributed by atoms with Crippen LogP contribution in [0.2, 0.25) is 0 Å². The highest BCUT2D eigenvalue weighted by Gasteiger charge is 2.24. The minimum absolute atomic E-state index is 0.893. The van der Waals surface area contributed by atoms with E-state index in [0.29, 0.717) is 0 Å². The number of benzene rings is 11. The molecule has 0 unspecified atom stereocenters. The Morgan fingerprint density at radius 2 is 0.691 bits per heavy atom. The third-order valence-electron chi connectivity index (χ3n) is 11.8. The number of rotatable bonds is 3. The molecule has 0 atom stereocenters. The van der Waals surface area contributed by atoms with E-state index in [9.17, 15) is 0 Å². The molecule has 0 aromatic heterocycles. The molecule has 0 N–H and O–H groups in total. The lowest BCUT2D eigenvalue weighted by Crippen LogP contribution is -1.98. The first-order valence-corrected chi connectivity index (χ1v) is 19.0. The number of fused-ring (bicyclic) bond motifs is 7. The molecule has 11 aromatic rings. The van der Waals surface area contributed by atoms with Gasteiger partial charge in [0.1, 0.15) is 11.5 Å². The van der Waals surface area contributed by atoms with E-state index in [-0.39, 0.29) is 0 Å². The van der Waals surface area contributed by atoms with Crippen molar-refractivity contribution < 1.29 is 4.74 Å². The van der Waals surface area contributed by atoms with Gasteiger partial charge in [-0.15, -0.1) is 0 Å². The second kappa shape index (κ2) is 11.6. The van der Waals surface area contributed by atoms with Crippen molar-refractivity contribution in [2.75, 3.05) is 0 Å². The highest BCUT2D eigenvalue weighted by molar-refractivity contribution is 6.30. The molecule has 1 nitrogen and oxygen atoms in total. The molecule has 12 rings (SSSR count). The van der Waals surface area contributed by atoms with Gasteiger partial charge in [0.2, 0.25) is 0 Å². The van der Waals surface area contributed by atoms with Gasteiger partial charge in [0.05, 0.1) is 0 Å². The molecule has 11 aromatic carbocycles. The van der Waals surface area contributed by atoms with E-state index in [1.807, 2.05) is 0 Å². The van der Waals surface area contributed by atoms with Crippen LogP contribution in [-0.2, 0) is 0 Å². The Balaban J connectivity index is 1.17. The maximum Gasteiger partial charge on any atom is 0.135 e. The predicted octanol–water partition coefficient (Wildman–Crippen LogP) is 15.4. The van der Waals surface area contributed by atoms with Crippen LogP contribution in [0.15, 0.2) is 194 Å². The van der Waals surface area contributed by atoms with Crippen LogP contribution in [-0.4, -0.2) is 0 Å². The van der Waals surface area contributed by atoms with Crippen molar-refractivity contribution in [2.45, 2.75) is 0 Å². The molecule has 0 spiro atoms. The largest absolute Gasteiger partial charge is 0.456 e. The van der Waals surface area contributed by atoms with Gasteiger partial charge in [-0.1, -0.05) is 170 Å². The van der Waals surface area contributed by atoms with Gasteiger partial charge in [-0.3, -0.25) is 0 Å². The minimum atomic E-state index is 0.893. The van der Waals surface area contributed by atoms with Gasteiger partial charge in [-0.05, 0) is 122 Å². The molecule has 1 aliphatic heterocycles. The van der Waals surface area contributed by atoms with Gasteiger partial charge < -0.3 is 4.74 Å². The second-order valence-corrected chi connectivity index (χ2v) is 14.7. The van der Waals surface area contributed by atoms with Crippen LogP contribution in [0.1, 0.15) is 0 Å². The first kappa shape index (κ1) is 30.3. The van der Waals surface area contributed by atoms with Gasteiger partial charge in [-0.25, -0.2) is 0 Å². The lowest BCUT2D eigenvalue weighted by Gasteiger charge is -2.24. The summed E-state index contributed by atoms with van der Waals surface area (Å²) >= 11 is 0. The lowest BCUT2D eigenvalue weighted by atomic mass is 9.80. The van der Waals surface area contributed by atoms with Crippen LogP contribution in [0, 0.1) is 0 Å². The number of hydrogen-bond acceptors (Lipinski definition) is 1. The van der Waals surface area contributed by atoms with Crippen molar-refractivity contribution in [3.63, 3.8) is 0 Å². The van der Waals surface area contributed by atoms with Crippen molar-refractivity contribution in [1.29, 1.82) is 0 Å². The molecule has 0 radical (unpaired) electrons.